The summed E-state index contributed by atoms with van der Waals surface area (Å²) in [6.07, 6.45) is 5.45. The van der Waals surface area contributed by atoms with Crippen molar-refractivity contribution in [2.45, 2.75) is 45.6 Å². The van der Waals surface area contributed by atoms with E-state index in [1.807, 2.05) is 0 Å². The van der Waals surface area contributed by atoms with Gasteiger partial charge in [-0.25, -0.2) is 14.3 Å². The van der Waals surface area contributed by atoms with Crippen LogP contribution in [0.4, 0.5) is 8.78 Å². The van der Waals surface area contributed by atoms with Crippen molar-refractivity contribution in [3.63, 3.8) is 0 Å². The number of carbonyl (C=O) groups excluding carboxylic acids is 1. The normalized spacial score (nSPS) is 20.6. The van der Waals surface area contributed by atoms with Crippen LogP contribution in [0.1, 0.15) is 54.9 Å². The Morgan fingerprint density at radius 2 is 2.00 bits per heavy atom. The number of hydrogen-bond donors (Lipinski definition) is 3. The molecule has 1 aliphatic rings. The molecule has 2 rings (SSSR count). The molecule has 1 aliphatic carbocycles. The summed E-state index contributed by atoms with van der Waals surface area (Å²) in [7, 11) is 0. The second-order valence-corrected chi connectivity index (χ2v) is 7.04. The topological polar surface area (TPSA) is 61.4 Å². The van der Waals surface area contributed by atoms with Crippen LogP contribution in [0.15, 0.2) is 24.3 Å². The molecule has 0 spiro atoms. The van der Waals surface area contributed by atoms with Gasteiger partial charge in [0.25, 0.3) is 5.91 Å². The first-order chi connectivity index (χ1) is 11.9. The van der Waals surface area contributed by atoms with Crippen molar-refractivity contribution in [2.75, 3.05) is 6.54 Å². The van der Waals surface area contributed by atoms with Crippen molar-refractivity contribution in [1.29, 1.82) is 0 Å². The maximum atomic E-state index is 13.9. The Bertz CT molecular complexity index is 611. The van der Waals surface area contributed by atoms with Crippen molar-refractivity contribution in [3.8, 4) is 0 Å². The van der Waals surface area contributed by atoms with Gasteiger partial charge in [0.1, 0.15) is 11.6 Å². The van der Waals surface area contributed by atoms with E-state index in [4.69, 9.17) is 5.21 Å². The average Bonchev–Trinajstić information content (AvgIpc) is 2.54. The van der Waals surface area contributed by atoms with Gasteiger partial charge in [0.15, 0.2) is 0 Å². The monoisotopic (exact) mass is 352 g/mol. The maximum Gasteiger partial charge on any atom is 0.274 e. The van der Waals surface area contributed by atoms with E-state index in [1.54, 1.807) is 0 Å². The second kappa shape index (κ2) is 9.06. The molecule has 1 amide bonds. The number of benzene rings is 1. The van der Waals surface area contributed by atoms with Gasteiger partial charge in [-0.3, -0.25) is 10.0 Å². The van der Waals surface area contributed by atoms with Crippen LogP contribution < -0.4 is 10.8 Å². The van der Waals surface area contributed by atoms with Crippen LogP contribution in [0.25, 0.3) is 0 Å². The number of amides is 1. The second-order valence-electron chi connectivity index (χ2n) is 7.04. The van der Waals surface area contributed by atoms with Crippen molar-refractivity contribution in [2.24, 2.45) is 11.8 Å². The van der Waals surface area contributed by atoms with Gasteiger partial charge in [0.2, 0.25) is 0 Å². The average molecular weight is 352 g/mol. The largest absolute Gasteiger partial charge is 0.312 e. The third kappa shape index (κ3) is 5.61. The molecule has 1 saturated carbocycles. The molecule has 0 aromatic heterocycles. The standard InChI is InChI=1S/C19H26F2N2O2/c1-12-6-13(2)8-14(7-12)4-3-5-22-11-16-17(20)9-15(10-18(16)21)19(24)23-25/h9-10,13-14,22,25H,1,3-8,11H2,2H3,(H,23,24). The first kappa shape index (κ1) is 19.5. The van der Waals surface area contributed by atoms with Crippen LogP contribution in [-0.4, -0.2) is 17.7 Å². The predicted octanol–water partition coefficient (Wildman–Crippen LogP) is 3.95. The molecular weight excluding hydrogens is 326 g/mol. The fourth-order valence-corrected chi connectivity index (χ4v) is 3.64. The number of halogens is 2. The lowest BCUT2D eigenvalue weighted by molar-refractivity contribution is 0.0705. The van der Waals surface area contributed by atoms with Gasteiger partial charge in [-0.1, -0.05) is 19.1 Å². The number of rotatable bonds is 7. The van der Waals surface area contributed by atoms with Crippen LogP contribution in [-0.2, 0) is 6.54 Å². The van der Waals surface area contributed by atoms with Crippen molar-refractivity contribution >= 4 is 5.91 Å². The molecular formula is C19H26F2N2O2. The van der Waals surface area contributed by atoms with E-state index in [1.165, 1.54) is 17.5 Å². The fraction of sp³-hybridized carbons (Fsp3) is 0.526. The zero-order chi connectivity index (χ0) is 18.4. The van der Waals surface area contributed by atoms with E-state index in [0.29, 0.717) is 18.4 Å². The summed E-state index contributed by atoms with van der Waals surface area (Å²) in [6, 6.07) is 1.83. The Morgan fingerprint density at radius 3 is 2.60 bits per heavy atom. The molecule has 2 atom stereocenters. The van der Waals surface area contributed by atoms with E-state index in [9.17, 15) is 13.6 Å². The molecule has 2 unspecified atom stereocenters. The third-order valence-electron chi connectivity index (χ3n) is 4.72. The summed E-state index contributed by atoms with van der Waals surface area (Å²) in [5.74, 6) is -1.20. The molecule has 6 heteroatoms. The van der Waals surface area contributed by atoms with E-state index < -0.39 is 17.5 Å². The van der Waals surface area contributed by atoms with Crippen LogP contribution in [0.2, 0.25) is 0 Å². The summed E-state index contributed by atoms with van der Waals surface area (Å²) in [5, 5.41) is 11.6. The molecule has 1 aromatic carbocycles. The molecule has 0 saturated heterocycles. The Morgan fingerprint density at radius 1 is 1.32 bits per heavy atom. The van der Waals surface area contributed by atoms with Gasteiger partial charge in [-0.05, 0) is 62.6 Å². The highest BCUT2D eigenvalue weighted by molar-refractivity contribution is 5.93. The van der Waals surface area contributed by atoms with E-state index in [0.717, 1.165) is 37.8 Å². The minimum atomic E-state index is -0.944. The smallest absolute Gasteiger partial charge is 0.274 e. The molecule has 3 N–H and O–H groups in total. The number of hydrogen-bond acceptors (Lipinski definition) is 3. The zero-order valence-electron chi connectivity index (χ0n) is 14.6. The molecule has 1 aromatic rings. The lowest BCUT2D eigenvalue weighted by atomic mass is 9.78. The highest BCUT2D eigenvalue weighted by Gasteiger charge is 2.20. The molecule has 1 fully saturated rings. The number of nitrogens with one attached hydrogen (secondary N) is 2. The molecule has 25 heavy (non-hydrogen) atoms. The Hall–Kier alpha value is -1.79. The fourth-order valence-electron chi connectivity index (χ4n) is 3.64. The number of hydroxylamine groups is 1. The van der Waals surface area contributed by atoms with Gasteiger partial charge >= 0.3 is 0 Å². The van der Waals surface area contributed by atoms with Gasteiger partial charge in [0, 0.05) is 17.7 Å². The highest BCUT2D eigenvalue weighted by atomic mass is 19.1. The predicted molar refractivity (Wildman–Crippen MR) is 92.2 cm³/mol. The first-order valence-electron chi connectivity index (χ1n) is 8.70. The van der Waals surface area contributed by atoms with E-state index in [-0.39, 0.29) is 17.7 Å². The molecule has 138 valence electrons. The minimum Gasteiger partial charge on any atom is -0.312 e. The lowest BCUT2D eigenvalue weighted by Crippen LogP contribution is -2.21. The van der Waals surface area contributed by atoms with E-state index >= 15 is 0 Å². The van der Waals surface area contributed by atoms with Gasteiger partial charge in [-0.15, -0.1) is 0 Å². The maximum absolute atomic E-state index is 13.9. The number of carbonyl (C=O) groups is 1. The summed E-state index contributed by atoms with van der Waals surface area (Å²) < 4.78 is 27.9. The Kier molecular flexibility index (Phi) is 7.08. The molecule has 0 bridgehead atoms. The van der Waals surface area contributed by atoms with Crippen molar-refractivity contribution in [1.82, 2.24) is 10.8 Å². The summed E-state index contributed by atoms with van der Waals surface area (Å²) in [4.78, 5) is 11.2. The molecule has 0 heterocycles. The van der Waals surface area contributed by atoms with Crippen LogP contribution in [0, 0.1) is 23.5 Å². The Labute approximate surface area is 147 Å². The zero-order valence-corrected chi connectivity index (χ0v) is 14.6. The highest BCUT2D eigenvalue weighted by Crippen LogP contribution is 2.34. The summed E-state index contributed by atoms with van der Waals surface area (Å²) >= 11 is 0. The van der Waals surface area contributed by atoms with Crippen LogP contribution >= 0.6 is 0 Å². The van der Waals surface area contributed by atoms with Crippen molar-refractivity contribution < 1.29 is 18.8 Å². The first-order valence-corrected chi connectivity index (χ1v) is 8.70. The quantitative estimate of drug-likeness (QED) is 0.301. The summed E-state index contributed by atoms with van der Waals surface area (Å²) in [5.41, 5.74) is 2.33. The van der Waals surface area contributed by atoms with Crippen LogP contribution in [0.5, 0.6) is 0 Å². The van der Waals surface area contributed by atoms with Gasteiger partial charge in [0.05, 0.1) is 0 Å². The molecule has 0 aliphatic heterocycles. The molecule has 4 nitrogen and oxygen atoms in total. The molecule has 0 radical (unpaired) electrons. The lowest BCUT2D eigenvalue weighted by Gasteiger charge is -2.28. The van der Waals surface area contributed by atoms with Crippen molar-refractivity contribution in [3.05, 3.63) is 47.0 Å². The summed E-state index contributed by atoms with van der Waals surface area (Å²) in [6.45, 7) is 7.09. The van der Waals surface area contributed by atoms with Gasteiger partial charge < -0.3 is 5.32 Å². The third-order valence-corrected chi connectivity index (χ3v) is 4.72. The van der Waals surface area contributed by atoms with Gasteiger partial charge in [-0.2, -0.15) is 0 Å². The number of allylic oxidation sites excluding steroid dienone is 1. The van der Waals surface area contributed by atoms with E-state index in [2.05, 4.69) is 18.8 Å². The SMILES string of the molecule is C=C1CC(C)CC(CCCNCc2c(F)cc(C(=O)NO)cc2F)C1. The Balaban J connectivity index is 1.78. The van der Waals surface area contributed by atoms with Crippen LogP contribution in [0.3, 0.4) is 0 Å². The minimum absolute atomic E-state index is 0.0620.